The highest BCUT2D eigenvalue weighted by atomic mass is 16.1. The number of H-pyrrole nitrogens is 1. The summed E-state index contributed by atoms with van der Waals surface area (Å²) in [4.78, 5) is 22.8. The third-order valence-electron chi connectivity index (χ3n) is 4.48. The molecule has 7 nitrogen and oxygen atoms in total. The van der Waals surface area contributed by atoms with Crippen LogP contribution in [-0.2, 0) is 6.54 Å². The topological polar surface area (TPSA) is 92.3 Å². The number of nitrogens with two attached hydrogens (primary N) is 1. The van der Waals surface area contributed by atoms with E-state index in [1.54, 1.807) is 6.07 Å². The van der Waals surface area contributed by atoms with E-state index in [0.29, 0.717) is 24.9 Å². The SMILES string of the molecule is CCC1CCN(Cc2cc(=O)n3[nH]cnc3n2)C(CN)C1. The quantitative estimate of drug-likeness (QED) is 0.848. The van der Waals surface area contributed by atoms with Crippen molar-refractivity contribution in [3.05, 3.63) is 28.4 Å². The molecule has 114 valence electrons. The molecule has 1 saturated heterocycles. The lowest BCUT2D eigenvalue weighted by atomic mass is 9.89. The summed E-state index contributed by atoms with van der Waals surface area (Å²) in [5.74, 6) is 1.19. The monoisotopic (exact) mass is 290 g/mol. The normalized spacial score (nSPS) is 23.7. The molecular formula is C14H22N6O. The zero-order valence-corrected chi connectivity index (χ0v) is 12.3. The van der Waals surface area contributed by atoms with Crippen molar-refractivity contribution in [3.8, 4) is 0 Å². The first-order chi connectivity index (χ1) is 10.2. The highest BCUT2D eigenvalue weighted by molar-refractivity contribution is 5.26. The van der Waals surface area contributed by atoms with Gasteiger partial charge < -0.3 is 5.73 Å². The van der Waals surface area contributed by atoms with Crippen molar-refractivity contribution in [1.29, 1.82) is 0 Å². The first-order valence-corrected chi connectivity index (χ1v) is 7.57. The molecule has 21 heavy (non-hydrogen) atoms. The van der Waals surface area contributed by atoms with Crippen LogP contribution in [0.15, 0.2) is 17.2 Å². The van der Waals surface area contributed by atoms with Gasteiger partial charge in [0.1, 0.15) is 6.33 Å². The van der Waals surface area contributed by atoms with Gasteiger partial charge >= 0.3 is 0 Å². The van der Waals surface area contributed by atoms with Gasteiger partial charge in [-0.1, -0.05) is 13.3 Å². The lowest BCUT2D eigenvalue weighted by Crippen LogP contribution is -2.46. The summed E-state index contributed by atoms with van der Waals surface area (Å²) in [6, 6.07) is 1.95. The van der Waals surface area contributed by atoms with E-state index in [2.05, 4.69) is 26.9 Å². The van der Waals surface area contributed by atoms with Crippen molar-refractivity contribution in [1.82, 2.24) is 24.5 Å². The van der Waals surface area contributed by atoms with Crippen LogP contribution in [0.25, 0.3) is 5.78 Å². The zero-order valence-electron chi connectivity index (χ0n) is 12.3. The summed E-state index contributed by atoms with van der Waals surface area (Å²) < 4.78 is 1.34. The van der Waals surface area contributed by atoms with Crippen LogP contribution in [0.3, 0.4) is 0 Å². The molecule has 0 spiro atoms. The first kappa shape index (κ1) is 14.2. The molecule has 3 heterocycles. The standard InChI is InChI=1S/C14H22N6O/c1-2-10-3-4-19(12(5-10)7-15)8-11-6-13(21)20-14(18-11)16-9-17-20/h6,9-10,12H,2-5,7-8,15H2,1H3,(H,16,17,18). The highest BCUT2D eigenvalue weighted by Crippen LogP contribution is 2.25. The number of nitrogens with one attached hydrogen (secondary N) is 1. The molecule has 2 aromatic heterocycles. The minimum atomic E-state index is -0.125. The van der Waals surface area contributed by atoms with Crippen molar-refractivity contribution in [3.63, 3.8) is 0 Å². The molecule has 2 atom stereocenters. The highest BCUT2D eigenvalue weighted by Gasteiger charge is 2.27. The molecule has 1 aliphatic rings. The maximum Gasteiger partial charge on any atom is 0.274 e. The Morgan fingerprint density at radius 1 is 1.52 bits per heavy atom. The number of likely N-dealkylation sites (tertiary alicyclic amines) is 1. The van der Waals surface area contributed by atoms with Gasteiger partial charge in [0.05, 0.1) is 5.69 Å². The van der Waals surface area contributed by atoms with E-state index < -0.39 is 0 Å². The summed E-state index contributed by atoms with van der Waals surface area (Å²) in [6.45, 7) is 4.57. The Bertz CT molecular complexity index is 663. The number of hydrogen-bond donors (Lipinski definition) is 2. The smallest absolute Gasteiger partial charge is 0.274 e. The predicted octanol–water partition coefficient (Wildman–Crippen LogP) is 0.367. The molecule has 0 bridgehead atoms. The Balaban J connectivity index is 1.79. The Hall–Kier alpha value is -1.73. The van der Waals surface area contributed by atoms with Crippen LogP contribution in [0.4, 0.5) is 0 Å². The summed E-state index contributed by atoms with van der Waals surface area (Å²) in [6.07, 6.45) is 5.01. The second-order valence-electron chi connectivity index (χ2n) is 5.77. The Kier molecular flexibility index (Phi) is 4.03. The maximum atomic E-state index is 12.0. The van der Waals surface area contributed by atoms with Crippen molar-refractivity contribution >= 4 is 5.78 Å². The van der Waals surface area contributed by atoms with E-state index in [1.807, 2.05) is 0 Å². The number of aromatic nitrogens is 4. The zero-order chi connectivity index (χ0) is 14.8. The average molecular weight is 290 g/mol. The van der Waals surface area contributed by atoms with Crippen molar-refractivity contribution in [2.45, 2.75) is 38.8 Å². The van der Waals surface area contributed by atoms with Crippen molar-refractivity contribution in [2.24, 2.45) is 11.7 Å². The number of piperidine rings is 1. The van der Waals surface area contributed by atoms with Gasteiger partial charge in [-0.25, -0.2) is 9.97 Å². The Morgan fingerprint density at radius 2 is 2.38 bits per heavy atom. The average Bonchev–Trinajstić information content (AvgIpc) is 2.96. The summed E-state index contributed by atoms with van der Waals surface area (Å²) in [5, 5.41) is 2.75. The molecule has 0 radical (unpaired) electrons. The molecule has 0 aliphatic carbocycles. The minimum Gasteiger partial charge on any atom is -0.329 e. The van der Waals surface area contributed by atoms with E-state index in [-0.39, 0.29) is 5.56 Å². The van der Waals surface area contributed by atoms with Gasteiger partial charge in [-0.2, -0.15) is 4.52 Å². The molecule has 3 rings (SSSR count). The van der Waals surface area contributed by atoms with E-state index in [0.717, 1.165) is 24.6 Å². The van der Waals surface area contributed by atoms with Gasteiger partial charge in [0.15, 0.2) is 0 Å². The Labute approximate surface area is 123 Å². The molecule has 0 saturated carbocycles. The molecular weight excluding hydrogens is 268 g/mol. The molecule has 2 unspecified atom stereocenters. The predicted molar refractivity (Wildman–Crippen MR) is 79.9 cm³/mol. The van der Waals surface area contributed by atoms with Gasteiger partial charge in [-0.15, -0.1) is 0 Å². The van der Waals surface area contributed by atoms with Gasteiger partial charge in [0.25, 0.3) is 11.3 Å². The summed E-state index contributed by atoms with van der Waals surface area (Å²) in [5.41, 5.74) is 6.56. The van der Waals surface area contributed by atoms with Crippen LogP contribution >= 0.6 is 0 Å². The molecule has 0 aromatic carbocycles. The van der Waals surface area contributed by atoms with Gasteiger partial charge in [-0.3, -0.25) is 14.8 Å². The molecule has 1 aliphatic heterocycles. The molecule has 2 aromatic rings. The number of rotatable bonds is 4. The van der Waals surface area contributed by atoms with E-state index in [9.17, 15) is 4.79 Å². The van der Waals surface area contributed by atoms with Crippen LogP contribution < -0.4 is 11.3 Å². The van der Waals surface area contributed by atoms with Crippen LogP contribution in [0.5, 0.6) is 0 Å². The third kappa shape index (κ3) is 2.84. The van der Waals surface area contributed by atoms with E-state index >= 15 is 0 Å². The molecule has 1 fully saturated rings. The third-order valence-corrected chi connectivity index (χ3v) is 4.48. The lowest BCUT2D eigenvalue weighted by Gasteiger charge is -2.38. The van der Waals surface area contributed by atoms with Gasteiger partial charge in [0, 0.05) is 25.2 Å². The second-order valence-corrected chi connectivity index (χ2v) is 5.77. The molecule has 0 amide bonds. The minimum absolute atomic E-state index is 0.125. The molecule has 7 heteroatoms. The molecule has 3 N–H and O–H groups in total. The first-order valence-electron chi connectivity index (χ1n) is 7.57. The lowest BCUT2D eigenvalue weighted by molar-refractivity contribution is 0.106. The van der Waals surface area contributed by atoms with Crippen LogP contribution in [-0.4, -0.2) is 43.6 Å². The van der Waals surface area contributed by atoms with E-state index in [1.165, 1.54) is 23.7 Å². The van der Waals surface area contributed by atoms with Gasteiger partial charge in [0.2, 0.25) is 0 Å². The van der Waals surface area contributed by atoms with Gasteiger partial charge in [-0.05, 0) is 25.3 Å². The fraction of sp³-hybridized carbons (Fsp3) is 0.643. The number of fused-ring (bicyclic) bond motifs is 1. The van der Waals surface area contributed by atoms with Crippen LogP contribution in [0.1, 0.15) is 31.9 Å². The Morgan fingerprint density at radius 3 is 3.14 bits per heavy atom. The largest absolute Gasteiger partial charge is 0.329 e. The van der Waals surface area contributed by atoms with Crippen molar-refractivity contribution < 1.29 is 0 Å². The van der Waals surface area contributed by atoms with Crippen LogP contribution in [0.2, 0.25) is 0 Å². The number of nitrogens with zero attached hydrogens (tertiary/aromatic N) is 4. The summed E-state index contributed by atoms with van der Waals surface area (Å²) in [7, 11) is 0. The second kappa shape index (κ2) is 5.95. The fourth-order valence-corrected chi connectivity index (χ4v) is 3.16. The number of aromatic amines is 1. The van der Waals surface area contributed by atoms with Crippen LogP contribution in [0, 0.1) is 5.92 Å². The van der Waals surface area contributed by atoms with E-state index in [4.69, 9.17) is 5.73 Å². The maximum absolute atomic E-state index is 12.0. The number of hydrogen-bond acceptors (Lipinski definition) is 5. The fourth-order valence-electron chi connectivity index (χ4n) is 3.16. The van der Waals surface area contributed by atoms with Crippen molar-refractivity contribution in [2.75, 3.05) is 13.1 Å². The summed E-state index contributed by atoms with van der Waals surface area (Å²) >= 11 is 0.